The van der Waals surface area contributed by atoms with Crippen LogP contribution in [0.1, 0.15) is 47.4 Å². The maximum Gasteiger partial charge on any atom is 0.214 e. The summed E-state index contributed by atoms with van der Waals surface area (Å²) in [4.78, 5) is 15.6. The molecule has 1 aromatic carbocycles. The molecule has 0 saturated carbocycles. The van der Waals surface area contributed by atoms with E-state index in [-0.39, 0.29) is 11.9 Å². The Kier molecular flexibility index (Phi) is 3.50. The number of Topliss-reactive ketones (excluding diaryl/α,β-unsaturated/α-hetero) is 1. The van der Waals surface area contributed by atoms with Crippen LogP contribution in [-0.4, -0.2) is 10.8 Å². The lowest BCUT2D eigenvalue weighted by Crippen LogP contribution is -2.15. The fourth-order valence-electron chi connectivity index (χ4n) is 2.67. The fourth-order valence-corrected chi connectivity index (χ4v) is 2.67. The molecule has 2 aromatic rings. The molecule has 3 heteroatoms. The number of hydrogen-bond donors (Lipinski definition) is 0. The number of aromatic nitrogens is 1. The van der Waals surface area contributed by atoms with Crippen LogP contribution in [0.2, 0.25) is 0 Å². The van der Waals surface area contributed by atoms with Gasteiger partial charge < -0.3 is 4.74 Å². The number of rotatable bonds is 3. The molecule has 1 aromatic heterocycles. The number of carbonyl (C=O) groups is 1. The van der Waals surface area contributed by atoms with Gasteiger partial charge in [0.15, 0.2) is 5.78 Å². The zero-order chi connectivity index (χ0) is 13.9. The summed E-state index contributed by atoms with van der Waals surface area (Å²) in [6.07, 6.45) is 4.88. The Bertz CT molecular complexity index is 636. The van der Waals surface area contributed by atoms with Gasteiger partial charge in [0, 0.05) is 17.8 Å². The SMILES string of the molecule is CC(=O)c1ccnc(OC2CCCc3ccccc32)c1. The number of aryl methyl sites for hydroxylation is 1. The molecule has 0 bridgehead atoms. The minimum atomic E-state index is 0.0290. The second-order valence-corrected chi connectivity index (χ2v) is 5.14. The van der Waals surface area contributed by atoms with Crippen LogP contribution in [0, 0.1) is 0 Å². The lowest BCUT2D eigenvalue weighted by molar-refractivity contribution is 0.101. The predicted molar refractivity (Wildman–Crippen MR) is 77.0 cm³/mol. The van der Waals surface area contributed by atoms with Crippen LogP contribution < -0.4 is 4.74 Å². The van der Waals surface area contributed by atoms with E-state index in [0.29, 0.717) is 11.4 Å². The van der Waals surface area contributed by atoms with E-state index in [2.05, 4.69) is 23.2 Å². The van der Waals surface area contributed by atoms with Crippen LogP contribution in [0.3, 0.4) is 0 Å². The first-order valence-electron chi connectivity index (χ1n) is 6.95. The van der Waals surface area contributed by atoms with Gasteiger partial charge >= 0.3 is 0 Å². The molecule has 0 N–H and O–H groups in total. The quantitative estimate of drug-likeness (QED) is 0.795. The van der Waals surface area contributed by atoms with Gasteiger partial charge in [0.05, 0.1) is 0 Å². The van der Waals surface area contributed by atoms with Gasteiger partial charge in [-0.1, -0.05) is 24.3 Å². The second kappa shape index (κ2) is 5.45. The van der Waals surface area contributed by atoms with E-state index in [1.54, 1.807) is 25.3 Å². The molecular formula is C17H17NO2. The number of hydrogen-bond acceptors (Lipinski definition) is 3. The van der Waals surface area contributed by atoms with Crippen molar-refractivity contribution >= 4 is 5.78 Å². The molecular weight excluding hydrogens is 250 g/mol. The highest BCUT2D eigenvalue weighted by atomic mass is 16.5. The third-order valence-corrected chi connectivity index (χ3v) is 3.72. The van der Waals surface area contributed by atoms with Crippen molar-refractivity contribution in [3.8, 4) is 5.88 Å². The molecule has 20 heavy (non-hydrogen) atoms. The zero-order valence-electron chi connectivity index (χ0n) is 11.5. The summed E-state index contributed by atoms with van der Waals surface area (Å²) < 4.78 is 6.01. The summed E-state index contributed by atoms with van der Waals surface area (Å²) in [6, 6.07) is 11.8. The van der Waals surface area contributed by atoms with Crippen LogP contribution in [0.25, 0.3) is 0 Å². The summed E-state index contributed by atoms with van der Waals surface area (Å²) in [5.41, 5.74) is 3.24. The molecule has 3 nitrogen and oxygen atoms in total. The average Bonchev–Trinajstić information content (AvgIpc) is 2.48. The zero-order valence-corrected chi connectivity index (χ0v) is 11.5. The average molecular weight is 267 g/mol. The van der Waals surface area contributed by atoms with Gasteiger partial charge in [-0.15, -0.1) is 0 Å². The molecule has 0 radical (unpaired) electrons. The second-order valence-electron chi connectivity index (χ2n) is 5.14. The van der Waals surface area contributed by atoms with Gasteiger partial charge in [0.1, 0.15) is 6.10 Å². The molecule has 1 aliphatic carbocycles. The third-order valence-electron chi connectivity index (χ3n) is 3.72. The summed E-state index contributed by atoms with van der Waals surface area (Å²) >= 11 is 0. The van der Waals surface area contributed by atoms with Gasteiger partial charge in [-0.2, -0.15) is 0 Å². The van der Waals surface area contributed by atoms with Crippen molar-refractivity contribution in [2.24, 2.45) is 0 Å². The first-order chi connectivity index (χ1) is 9.74. The molecule has 0 fully saturated rings. The van der Waals surface area contributed by atoms with Crippen molar-refractivity contribution in [3.63, 3.8) is 0 Å². The van der Waals surface area contributed by atoms with Crippen molar-refractivity contribution in [3.05, 3.63) is 59.3 Å². The Balaban J connectivity index is 1.85. The highest BCUT2D eigenvalue weighted by Crippen LogP contribution is 2.33. The molecule has 1 heterocycles. The molecule has 1 aliphatic rings. The Labute approximate surface area is 118 Å². The van der Waals surface area contributed by atoms with Gasteiger partial charge in [0.25, 0.3) is 0 Å². The molecule has 0 aliphatic heterocycles. The van der Waals surface area contributed by atoms with Crippen LogP contribution in [0.15, 0.2) is 42.6 Å². The highest BCUT2D eigenvalue weighted by molar-refractivity contribution is 5.94. The van der Waals surface area contributed by atoms with Crippen LogP contribution in [0.5, 0.6) is 5.88 Å². The van der Waals surface area contributed by atoms with Gasteiger partial charge in [-0.25, -0.2) is 4.98 Å². The molecule has 0 saturated heterocycles. The van der Waals surface area contributed by atoms with Crippen molar-refractivity contribution in [1.82, 2.24) is 4.98 Å². The van der Waals surface area contributed by atoms with Crippen molar-refractivity contribution in [2.45, 2.75) is 32.3 Å². The van der Waals surface area contributed by atoms with Crippen molar-refractivity contribution < 1.29 is 9.53 Å². The summed E-state index contributed by atoms with van der Waals surface area (Å²) in [7, 11) is 0. The van der Waals surface area contributed by atoms with Gasteiger partial charge in [-0.05, 0) is 43.4 Å². The molecule has 102 valence electrons. The van der Waals surface area contributed by atoms with Crippen LogP contribution in [0.4, 0.5) is 0 Å². The normalized spacial score (nSPS) is 17.4. The van der Waals surface area contributed by atoms with E-state index < -0.39 is 0 Å². The molecule has 0 amide bonds. The maximum absolute atomic E-state index is 11.4. The van der Waals surface area contributed by atoms with Gasteiger partial charge in [-0.3, -0.25) is 4.79 Å². The van der Waals surface area contributed by atoms with E-state index >= 15 is 0 Å². The van der Waals surface area contributed by atoms with E-state index in [9.17, 15) is 4.79 Å². The summed E-state index contributed by atoms with van der Waals surface area (Å²) in [5, 5.41) is 0. The third kappa shape index (κ3) is 2.57. The van der Waals surface area contributed by atoms with Crippen LogP contribution >= 0.6 is 0 Å². The Morgan fingerprint density at radius 3 is 3.00 bits per heavy atom. The smallest absolute Gasteiger partial charge is 0.214 e. The molecule has 1 unspecified atom stereocenters. The van der Waals surface area contributed by atoms with Crippen LogP contribution in [-0.2, 0) is 6.42 Å². The lowest BCUT2D eigenvalue weighted by Gasteiger charge is -2.25. The predicted octanol–water partition coefficient (Wildman–Crippen LogP) is 3.74. The van der Waals surface area contributed by atoms with E-state index in [4.69, 9.17) is 4.74 Å². The standard InChI is InChI=1S/C17H17NO2/c1-12(19)14-9-10-18-17(11-14)20-16-8-4-6-13-5-2-3-7-15(13)16/h2-3,5,7,9-11,16H,4,6,8H2,1H3. The van der Waals surface area contributed by atoms with Gasteiger partial charge in [0.2, 0.25) is 5.88 Å². The number of ether oxygens (including phenoxy) is 1. The molecule has 0 spiro atoms. The minimum absolute atomic E-state index is 0.0290. The number of benzene rings is 1. The number of fused-ring (bicyclic) bond motifs is 1. The first-order valence-corrected chi connectivity index (χ1v) is 6.95. The Morgan fingerprint density at radius 2 is 2.15 bits per heavy atom. The minimum Gasteiger partial charge on any atom is -0.469 e. The molecule has 3 rings (SSSR count). The first kappa shape index (κ1) is 12.9. The largest absolute Gasteiger partial charge is 0.469 e. The van der Waals surface area contributed by atoms with E-state index in [1.807, 2.05) is 6.07 Å². The Morgan fingerprint density at radius 1 is 1.30 bits per heavy atom. The van der Waals surface area contributed by atoms with Crippen molar-refractivity contribution in [1.29, 1.82) is 0 Å². The topological polar surface area (TPSA) is 39.2 Å². The number of nitrogens with zero attached hydrogens (tertiary/aromatic N) is 1. The summed E-state index contributed by atoms with van der Waals surface area (Å²) in [5.74, 6) is 0.556. The number of ketones is 1. The van der Waals surface area contributed by atoms with E-state index in [0.717, 1.165) is 19.3 Å². The number of pyridine rings is 1. The molecule has 1 atom stereocenters. The summed E-state index contributed by atoms with van der Waals surface area (Å²) in [6.45, 7) is 1.55. The maximum atomic E-state index is 11.4. The Hall–Kier alpha value is -2.16. The monoisotopic (exact) mass is 267 g/mol. The fraction of sp³-hybridized carbons (Fsp3) is 0.294. The van der Waals surface area contributed by atoms with Crippen molar-refractivity contribution in [2.75, 3.05) is 0 Å². The lowest BCUT2D eigenvalue weighted by atomic mass is 9.89. The van der Waals surface area contributed by atoms with E-state index in [1.165, 1.54) is 11.1 Å². The highest BCUT2D eigenvalue weighted by Gasteiger charge is 2.21. The number of carbonyl (C=O) groups excluding carboxylic acids is 1.